The van der Waals surface area contributed by atoms with E-state index in [0.717, 1.165) is 0 Å². The molecule has 0 aromatic carbocycles. The molecule has 0 aromatic heterocycles. The number of nitrogens with two attached hydrogens (primary N) is 1. The molecule has 0 aliphatic rings. The van der Waals surface area contributed by atoms with Gasteiger partial charge in [0.1, 0.15) is 5.84 Å². The first-order valence-electron chi connectivity index (χ1n) is 2.17. The fourth-order valence-corrected chi connectivity index (χ4v) is 0.253. The third kappa shape index (κ3) is 3.78. The number of carbonyl (C=O) groups excluding carboxylic acids is 1. The van der Waals surface area contributed by atoms with Gasteiger partial charge in [0.2, 0.25) is 0 Å². The minimum Gasteiger partial charge on any atom is -0.451 e. The van der Waals surface area contributed by atoms with Crippen LogP contribution >= 0.6 is 11.6 Å². The Bertz CT molecular complexity index is 135. The van der Waals surface area contributed by atoms with Gasteiger partial charge in [-0.2, -0.15) is 4.99 Å². The summed E-state index contributed by atoms with van der Waals surface area (Å²) in [4.78, 5) is 13.4. The fraction of sp³-hybridized carbons (Fsp3) is 0.500. The molecule has 0 aromatic rings. The lowest BCUT2D eigenvalue weighted by Crippen LogP contribution is -2.15. The van der Waals surface area contributed by atoms with Crippen molar-refractivity contribution in [1.82, 2.24) is 0 Å². The molecule has 52 valence electrons. The van der Waals surface area contributed by atoms with Gasteiger partial charge in [0.25, 0.3) is 0 Å². The number of aliphatic imine (C=N–C) groups is 1. The van der Waals surface area contributed by atoms with Crippen molar-refractivity contribution in [3.05, 3.63) is 0 Å². The summed E-state index contributed by atoms with van der Waals surface area (Å²) in [6.07, 6.45) is -0.729. The quantitative estimate of drug-likeness (QED) is 0.333. The number of amides is 1. The molecule has 0 aliphatic heterocycles. The molecule has 4 nitrogen and oxygen atoms in total. The minimum absolute atomic E-state index is 0.0368. The molecule has 0 bridgehead atoms. The third-order valence-corrected chi connectivity index (χ3v) is 0.820. The molecule has 2 N–H and O–H groups in total. The average molecular weight is 151 g/mol. The Morgan fingerprint density at radius 1 is 1.89 bits per heavy atom. The summed E-state index contributed by atoms with van der Waals surface area (Å²) in [5, 5.41) is 0. The second kappa shape index (κ2) is 4.14. The normalized spacial score (nSPS) is 11.1. The van der Waals surface area contributed by atoms with Crippen LogP contribution in [-0.4, -0.2) is 24.9 Å². The summed E-state index contributed by atoms with van der Waals surface area (Å²) in [5.41, 5.74) is 5.07. The summed E-state index contributed by atoms with van der Waals surface area (Å²) in [5.74, 6) is 0.0956. The molecular weight excluding hydrogens is 144 g/mol. The van der Waals surface area contributed by atoms with Gasteiger partial charge in [-0.05, 0) is 0 Å². The Morgan fingerprint density at radius 2 is 2.44 bits per heavy atom. The zero-order valence-electron chi connectivity index (χ0n) is 4.93. The summed E-state index contributed by atoms with van der Waals surface area (Å²) in [6.45, 7) is 0. The molecule has 9 heavy (non-hydrogen) atoms. The zero-order chi connectivity index (χ0) is 7.28. The van der Waals surface area contributed by atoms with Gasteiger partial charge in [0.05, 0.1) is 13.0 Å². The Balaban J connectivity index is 3.79. The molecule has 0 saturated carbocycles. The lowest BCUT2D eigenvalue weighted by molar-refractivity contribution is 0.182. The highest BCUT2D eigenvalue weighted by atomic mass is 35.5. The maximum atomic E-state index is 10.2. The molecule has 0 heterocycles. The zero-order valence-corrected chi connectivity index (χ0v) is 5.68. The van der Waals surface area contributed by atoms with Gasteiger partial charge < -0.3 is 10.5 Å². The van der Waals surface area contributed by atoms with Crippen molar-refractivity contribution >= 4 is 23.5 Å². The second-order valence-corrected chi connectivity index (χ2v) is 1.47. The van der Waals surface area contributed by atoms with Gasteiger partial charge in [0.15, 0.2) is 0 Å². The molecule has 0 radical (unpaired) electrons. The maximum Gasteiger partial charge on any atom is 0.435 e. The van der Waals surface area contributed by atoms with Gasteiger partial charge in [0, 0.05) is 0 Å². The average Bonchev–Trinajstić information content (AvgIpc) is 1.87. The van der Waals surface area contributed by atoms with Crippen LogP contribution in [0.25, 0.3) is 0 Å². The van der Waals surface area contributed by atoms with E-state index in [1.807, 2.05) is 0 Å². The highest BCUT2D eigenvalue weighted by molar-refractivity contribution is 6.28. The number of methoxy groups -OCH3 is 1. The molecular formula is C4H7ClN2O2. The lowest BCUT2D eigenvalue weighted by atomic mass is 10.7. The van der Waals surface area contributed by atoms with Crippen molar-refractivity contribution in [1.29, 1.82) is 0 Å². The molecule has 0 aliphatic carbocycles. The predicted octanol–water partition coefficient (Wildman–Crippen LogP) is 0.349. The van der Waals surface area contributed by atoms with Crippen molar-refractivity contribution in [2.24, 2.45) is 10.7 Å². The van der Waals surface area contributed by atoms with Crippen molar-refractivity contribution in [2.75, 3.05) is 13.0 Å². The first-order valence-corrected chi connectivity index (χ1v) is 2.71. The topological polar surface area (TPSA) is 64.7 Å². The van der Waals surface area contributed by atoms with Crippen LogP contribution in [0.3, 0.4) is 0 Å². The van der Waals surface area contributed by atoms with Gasteiger partial charge in [-0.3, -0.25) is 0 Å². The van der Waals surface area contributed by atoms with Crippen LogP contribution in [0.2, 0.25) is 0 Å². The first-order chi connectivity index (χ1) is 4.20. The van der Waals surface area contributed by atoms with Gasteiger partial charge in [-0.15, -0.1) is 11.6 Å². The van der Waals surface area contributed by atoms with E-state index in [2.05, 4.69) is 9.73 Å². The van der Waals surface area contributed by atoms with Crippen LogP contribution in [0, 0.1) is 0 Å². The Labute approximate surface area is 57.6 Å². The van der Waals surface area contributed by atoms with E-state index in [4.69, 9.17) is 17.3 Å². The van der Waals surface area contributed by atoms with Crippen LogP contribution < -0.4 is 5.73 Å². The molecule has 0 spiro atoms. The van der Waals surface area contributed by atoms with E-state index in [-0.39, 0.29) is 11.7 Å². The number of carbonyl (C=O) groups is 1. The molecule has 0 saturated heterocycles. The number of alkyl halides is 1. The standard InChI is InChI=1S/C4H7ClN2O2/c1-9-4(8)7-3(6)2-5/h2H2,1H3,(H2,6,7,8). The third-order valence-electron chi connectivity index (χ3n) is 0.546. The number of halogens is 1. The molecule has 0 fully saturated rings. The van der Waals surface area contributed by atoms with E-state index in [1.165, 1.54) is 7.11 Å². The van der Waals surface area contributed by atoms with Crippen molar-refractivity contribution in [3.8, 4) is 0 Å². The lowest BCUT2D eigenvalue weighted by Gasteiger charge is -1.91. The van der Waals surface area contributed by atoms with Crippen LogP contribution in [-0.2, 0) is 4.74 Å². The van der Waals surface area contributed by atoms with E-state index >= 15 is 0 Å². The van der Waals surface area contributed by atoms with Gasteiger partial charge >= 0.3 is 6.09 Å². The number of hydrogen-bond donors (Lipinski definition) is 1. The highest BCUT2D eigenvalue weighted by Crippen LogP contribution is 1.81. The van der Waals surface area contributed by atoms with Crippen LogP contribution in [0.4, 0.5) is 4.79 Å². The maximum absolute atomic E-state index is 10.2. The van der Waals surface area contributed by atoms with Crippen molar-refractivity contribution in [2.45, 2.75) is 0 Å². The smallest absolute Gasteiger partial charge is 0.435 e. The number of amidine groups is 1. The predicted molar refractivity (Wildman–Crippen MR) is 34.7 cm³/mol. The number of rotatable bonds is 1. The summed E-state index contributed by atoms with van der Waals surface area (Å²) < 4.78 is 4.16. The van der Waals surface area contributed by atoms with E-state index in [9.17, 15) is 4.79 Å². The number of nitrogens with zero attached hydrogens (tertiary/aromatic N) is 1. The van der Waals surface area contributed by atoms with E-state index in [1.54, 1.807) is 0 Å². The monoisotopic (exact) mass is 150 g/mol. The molecule has 5 heteroatoms. The van der Waals surface area contributed by atoms with E-state index < -0.39 is 6.09 Å². The number of ether oxygens (including phenoxy) is 1. The largest absolute Gasteiger partial charge is 0.451 e. The molecule has 0 atom stereocenters. The SMILES string of the molecule is COC(=O)N=C(N)CCl. The van der Waals surface area contributed by atoms with Crippen molar-refractivity contribution in [3.63, 3.8) is 0 Å². The highest BCUT2D eigenvalue weighted by Gasteiger charge is 1.95. The van der Waals surface area contributed by atoms with E-state index in [0.29, 0.717) is 0 Å². The molecule has 0 rings (SSSR count). The summed E-state index contributed by atoms with van der Waals surface area (Å²) in [7, 11) is 1.22. The Kier molecular flexibility index (Phi) is 3.79. The van der Waals surface area contributed by atoms with Gasteiger partial charge in [-0.25, -0.2) is 4.79 Å². The Morgan fingerprint density at radius 3 is 2.78 bits per heavy atom. The molecule has 1 amide bonds. The molecule has 0 unspecified atom stereocenters. The summed E-state index contributed by atoms with van der Waals surface area (Å²) in [6, 6.07) is 0. The van der Waals surface area contributed by atoms with Gasteiger partial charge in [-0.1, -0.05) is 0 Å². The fourth-order valence-electron chi connectivity index (χ4n) is 0.193. The second-order valence-electron chi connectivity index (χ2n) is 1.21. The number of hydrogen-bond acceptors (Lipinski definition) is 2. The van der Waals surface area contributed by atoms with Crippen molar-refractivity contribution < 1.29 is 9.53 Å². The van der Waals surface area contributed by atoms with Crippen LogP contribution in [0.15, 0.2) is 4.99 Å². The summed E-state index contributed by atoms with van der Waals surface area (Å²) >= 11 is 5.19. The Hall–Kier alpha value is -0.770. The van der Waals surface area contributed by atoms with Crippen LogP contribution in [0.1, 0.15) is 0 Å². The first kappa shape index (κ1) is 8.23. The minimum atomic E-state index is -0.729. The van der Waals surface area contributed by atoms with Crippen LogP contribution in [0.5, 0.6) is 0 Å².